The second kappa shape index (κ2) is 37.8. The summed E-state index contributed by atoms with van der Waals surface area (Å²) >= 11 is 0. The zero-order valence-electron chi connectivity index (χ0n) is 53.9. The van der Waals surface area contributed by atoms with E-state index in [1.807, 2.05) is 18.1 Å². The Balaban J connectivity index is 0.000000661. The summed E-state index contributed by atoms with van der Waals surface area (Å²) < 4.78 is 581. The Morgan fingerprint density at radius 2 is 0.364 bits per heavy atom. The molecular weight excluding hydrogens is 2120 g/mol. The molecule has 6 aliphatic heterocycles. The molecule has 110 heavy (non-hydrogen) atoms. The van der Waals surface area contributed by atoms with Crippen molar-refractivity contribution < 1.29 is 172 Å². The summed E-state index contributed by atoms with van der Waals surface area (Å²) in [7, 11) is -128. The van der Waals surface area contributed by atoms with E-state index in [-0.39, 0.29) is 6.54 Å². The van der Waals surface area contributed by atoms with E-state index in [0.717, 1.165) is 77.5 Å². The van der Waals surface area contributed by atoms with Gasteiger partial charge in [0.05, 0.1) is 0 Å². The van der Waals surface area contributed by atoms with Crippen molar-refractivity contribution >= 4 is 187 Å². The lowest BCUT2D eigenvalue weighted by Gasteiger charge is -2.24. The zero-order chi connectivity index (χ0) is 87.7. The van der Waals surface area contributed by atoms with Gasteiger partial charge in [0.2, 0.25) is 0 Å². The van der Waals surface area contributed by atoms with E-state index in [4.69, 9.17) is 0 Å². The Labute approximate surface area is 597 Å². The standard InChI is InChI=1S/C4H12F6N6P4.C3H8F7N5P4.C3H9F6N5OP4.C2H6F7N5P4.2CH4F7N5P4/c1-15(2)19(9)11-17(5,6)13-20(10,16(3)4)14-18(7,8)12-19;1-3-15(2)19(10)13-17(6,7)11-16(4,5)12-18(8,9)14-19;1-14(2)18(8)10-16(4,5)12-19(9,15-3)13-17(6,7)11-18;1-14(2)18(9)12-16(5,6)10-15(3,4)11-17(7,8)13-18;2*1-9-17(8)12-15(4,5)10-14(2,3)11-16(6,7)13-17/h1-4H3;3H2,1-2H3;1-3H3;1-2H3;2*9H,1H3. The summed E-state index contributed by atoms with van der Waals surface area (Å²) in [6.07, 6.45) is 0. The van der Waals surface area contributed by atoms with Crippen LogP contribution in [0.4, 0.5) is 168 Å². The van der Waals surface area contributed by atoms with E-state index >= 15 is 0 Å². The van der Waals surface area contributed by atoms with Gasteiger partial charge in [0.1, 0.15) is 0 Å². The van der Waals surface area contributed by atoms with Crippen LogP contribution in [0.1, 0.15) is 6.92 Å². The van der Waals surface area contributed by atoms with Gasteiger partial charge in [0, 0.05) is 13.7 Å². The number of rotatable bonds is 9. The van der Waals surface area contributed by atoms with Crippen LogP contribution in [0.5, 0.6) is 0 Å². The van der Waals surface area contributed by atoms with E-state index in [1.54, 1.807) is 36.1 Å². The van der Waals surface area contributed by atoms with Crippen molar-refractivity contribution in [3.63, 3.8) is 0 Å². The number of halogens is 40. The Bertz CT molecular complexity index is 4830. The third-order valence-electron chi connectivity index (χ3n) is 9.01. The van der Waals surface area contributed by atoms with Gasteiger partial charge >= 0.3 is 187 Å². The molecule has 660 valence electrons. The van der Waals surface area contributed by atoms with E-state index in [9.17, 15) is 168 Å². The van der Waals surface area contributed by atoms with Crippen LogP contribution >= 0.6 is 187 Å². The van der Waals surface area contributed by atoms with Crippen LogP contribution in [0.3, 0.4) is 0 Å². The molecule has 6 heterocycles. The van der Waals surface area contributed by atoms with Crippen molar-refractivity contribution in [3.8, 4) is 0 Å². The molecular formula is C14H43F40N31OP24. The van der Waals surface area contributed by atoms with Crippen molar-refractivity contribution in [3.05, 3.63) is 0 Å². The van der Waals surface area contributed by atoms with E-state index in [1.165, 1.54) is 17.1 Å². The molecule has 0 saturated heterocycles. The number of nitrogens with one attached hydrogen (secondary N) is 2. The first-order valence-corrected chi connectivity index (χ1v) is 60.4. The molecule has 0 aromatic heterocycles. The maximum atomic E-state index is 14.1. The minimum Gasteiger partial charge on any atom is -0.306 e. The summed E-state index contributed by atoms with van der Waals surface area (Å²) in [6.45, 7) is 1.02. The molecule has 8 atom stereocenters. The summed E-state index contributed by atoms with van der Waals surface area (Å²) in [5.41, 5.74) is 0. The third kappa shape index (κ3) is 37.6. The van der Waals surface area contributed by atoms with Crippen LogP contribution < -0.4 is 10.2 Å². The minimum absolute atomic E-state index is 0.261. The van der Waals surface area contributed by atoms with Crippen LogP contribution in [0, 0.1) is 0 Å². The average Bonchev–Trinajstić information content (AvgIpc) is 0.788. The molecule has 6 rings (SSSR count). The predicted octanol–water partition coefficient (Wildman–Crippen LogP) is 41.8. The molecule has 0 aromatic rings. The number of hydrogen-bond donors (Lipinski definition) is 2. The van der Waals surface area contributed by atoms with E-state index < -0.39 is 187 Å². The Kier molecular flexibility index (Phi) is 38.0. The molecule has 0 spiro atoms. The fraction of sp³-hybridized carbons (Fsp3) is 1.00. The first kappa shape index (κ1) is 110. The largest absolute Gasteiger partial charge is 0.425 e. The highest BCUT2D eigenvalue weighted by atomic mass is 31.3. The second-order valence-corrected chi connectivity index (χ2v) is 63.3. The maximum absolute atomic E-state index is 14.1. The van der Waals surface area contributed by atoms with Gasteiger partial charge in [-0.25, -0.2) is 33.5 Å². The summed E-state index contributed by atoms with van der Waals surface area (Å²) in [5, 5.41) is 2.88. The maximum Gasteiger partial charge on any atom is 0.425 e. The second-order valence-electron chi connectivity index (χ2n) is 18.4. The first-order valence-electron chi connectivity index (χ1n) is 24.4. The van der Waals surface area contributed by atoms with Crippen molar-refractivity contribution in [1.29, 1.82) is 0 Å². The van der Waals surface area contributed by atoms with Crippen LogP contribution in [0.15, 0.2) is 108 Å². The molecule has 2 N–H and O–H groups in total. The summed E-state index contributed by atoms with van der Waals surface area (Å²) in [6, 6.07) is 0. The molecule has 0 saturated carbocycles. The quantitative estimate of drug-likeness (QED) is 0.165. The molecule has 0 radical (unpaired) electrons. The molecule has 96 heteroatoms. The summed E-state index contributed by atoms with van der Waals surface area (Å²) in [5.74, 6) is 0. The minimum atomic E-state index is -6.25. The Morgan fingerprint density at radius 3 is 0.564 bits per heavy atom. The monoisotopic (exact) mass is 2160 g/mol. The molecule has 0 aromatic carbocycles. The third-order valence-corrected chi connectivity index (χ3v) is 58.0. The van der Waals surface area contributed by atoms with E-state index in [2.05, 4.69) is 58.7 Å². The zero-order valence-corrected chi connectivity index (χ0v) is 75.4. The Morgan fingerprint density at radius 1 is 0.209 bits per heavy atom. The fourth-order valence-corrected chi connectivity index (χ4v) is 50.6. The molecule has 32 nitrogen and oxygen atoms in total. The van der Waals surface area contributed by atoms with Gasteiger partial charge in [-0.2, -0.15) is 33.6 Å². The van der Waals surface area contributed by atoms with Crippen molar-refractivity contribution in [2.45, 2.75) is 6.92 Å². The smallest absolute Gasteiger partial charge is 0.306 e. The topological polar surface area (TPSA) is 346 Å². The molecule has 0 aliphatic carbocycles. The highest BCUT2D eigenvalue weighted by molar-refractivity contribution is 7.83. The first-order chi connectivity index (χ1) is 47.9. The van der Waals surface area contributed by atoms with Gasteiger partial charge < -0.3 is 4.52 Å². The van der Waals surface area contributed by atoms with Gasteiger partial charge in [-0.05, 0) is 77.5 Å². The highest BCUT2D eigenvalue weighted by Gasteiger charge is 2.47. The molecule has 6 aliphatic rings. The van der Waals surface area contributed by atoms with Gasteiger partial charge in [0.25, 0.3) is 0 Å². The normalized spacial score (nSPS) is 34.5. The van der Waals surface area contributed by atoms with Crippen LogP contribution in [0.25, 0.3) is 0 Å². The molecule has 8 unspecified atom stereocenters. The van der Waals surface area contributed by atoms with Crippen LogP contribution in [-0.2, 0) is 4.52 Å². The molecule has 0 amide bonds. The SMILES string of the molecule is CCN(C)P1(F)=NP(F)(F)=NP(F)(F)=NP(F)(F)=N1.CN(C)P1(F)=NP(F)(F)=NP(F)(F)=NP(F)(F)=N1.CN(C)P1(F)=NP(F)(F)=NP(F)(N(C)C)=NP(F)(F)=N1.CNP1(F)=NP(F)(F)=NP(F)(F)=NP(F)(F)=N1.CNP1(F)=NP(F)(F)=NP(F)(F)=NP(F)(F)=N1.COP1(F)=NP(F)(F)=NP(F)(N(C)C)=NP(F)(F)=N1. The molecule has 0 fully saturated rings. The summed E-state index contributed by atoms with van der Waals surface area (Å²) in [4.78, 5) is 0. The Hall–Kier alpha value is 2.40. The van der Waals surface area contributed by atoms with Crippen LogP contribution in [0.2, 0.25) is 0 Å². The lowest BCUT2D eigenvalue weighted by Crippen LogP contribution is -2.10. The van der Waals surface area contributed by atoms with Gasteiger partial charge in [0.15, 0.2) is 0 Å². The highest BCUT2D eigenvalue weighted by Crippen LogP contribution is 2.89. The predicted molar refractivity (Wildman–Crippen MR) is 367 cm³/mol. The average molecular weight is 2170 g/mol. The van der Waals surface area contributed by atoms with Gasteiger partial charge in [-0.15, -0.1) is 243 Å². The number of nitrogens with zero attached hydrogens (tertiary/aromatic N) is 29. The van der Waals surface area contributed by atoms with Crippen molar-refractivity contribution in [1.82, 2.24) is 33.5 Å². The number of hydrogen-bond acceptors (Lipinski definition) is 32. The lowest BCUT2D eigenvalue weighted by atomic mass is 10.8. The molecule has 0 bridgehead atoms. The van der Waals surface area contributed by atoms with Gasteiger partial charge in [-0.1, -0.05) is 6.92 Å². The van der Waals surface area contributed by atoms with E-state index in [0.29, 0.717) is 30.5 Å². The van der Waals surface area contributed by atoms with Crippen molar-refractivity contribution in [2.75, 3.05) is 91.2 Å². The van der Waals surface area contributed by atoms with Gasteiger partial charge in [-0.3, -0.25) is 0 Å². The lowest BCUT2D eigenvalue weighted by molar-refractivity contribution is 0.420. The van der Waals surface area contributed by atoms with Crippen LogP contribution in [-0.4, -0.2) is 115 Å². The fourth-order valence-electron chi connectivity index (χ4n) is 4.88. The van der Waals surface area contributed by atoms with Crippen molar-refractivity contribution in [2.24, 2.45) is 108 Å².